The van der Waals surface area contributed by atoms with Crippen LogP contribution < -0.4 is 0 Å². The minimum absolute atomic E-state index is 0.00853. The van der Waals surface area contributed by atoms with Crippen LogP contribution in [-0.4, -0.2) is 41.5 Å². The highest BCUT2D eigenvalue weighted by atomic mass is 32.1. The summed E-state index contributed by atoms with van der Waals surface area (Å²) in [5.41, 5.74) is 1.77. The number of halogens is 1. The molecule has 4 rings (SSSR count). The summed E-state index contributed by atoms with van der Waals surface area (Å²) in [7, 11) is 0. The Kier molecular flexibility index (Phi) is 5.23. The third-order valence-corrected chi connectivity index (χ3v) is 6.65. The molecule has 30 heavy (non-hydrogen) atoms. The lowest BCUT2D eigenvalue weighted by atomic mass is 9.71. The van der Waals surface area contributed by atoms with Crippen molar-refractivity contribution in [3.05, 3.63) is 47.9 Å². The molecule has 0 fully saturated rings. The van der Waals surface area contributed by atoms with Crippen molar-refractivity contribution in [2.75, 3.05) is 0 Å². The van der Waals surface area contributed by atoms with Crippen molar-refractivity contribution >= 4 is 16.9 Å². The Hall–Kier alpha value is -2.94. The molecule has 3 aromatic heterocycles. The SMILES string of the molecule is C=C(c1nnc(-c2cnc(-n3ncc(C)n3)cc2O)s1)[C@H]1C[C@@](C)(CC)C=C[C@@H]1F. The molecule has 1 aliphatic rings. The van der Waals surface area contributed by atoms with Crippen molar-refractivity contribution in [3.8, 4) is 22.1 Å². The summed E-state index contributed by atoms with van der Waals surface area (Å²) >= 11 is 1.27. The van der Waals surface area contributed by atoms with Crippen LogP contribution >= 0.6 is 11.3 Å². The predicted octanol–water partition coefficient (Wildman–Crippen LogP) is 4.54. The topological polar surface area (TPSA) is 89.6 Å². The van der Waals surface area contributed by atoms with E-state index in [1.54, 1.807) is 12.3 Å². The Morgan fingerprint density at radius 2 is 2.20 bits per heavy atom. The second-order valence-corrected chi connectivity index (χ2v) is 8.87. The summed E-state index contributed by atoms with van der Waals surface area (Å²) in [6.45, 7) is 10.2. The van der Waals surface area contributed by atoms with Gasteiger partial charge in [0, 0.05) is 18.2 Å². The molecule has 3 atom stereocenters. The molecule has 0 spiro atoms. The highest BCUT2D eigenvalue weighted by molar-refractivity contribution is 7.15. The third kappa shape index (κ3) is 3.77. The minimum Gasteiger partial charge on any atom is -0.507 e. The fraction of sp³-hybridized carbons (Fsp3) is 0.381. The van der Waals surface area contributed by atoms with Gasteiger partial charge >= 0.3 is 0 Å². The Labute approximate surface area is 178 Å². The smallest absolute Gasteiger partial charge is 0.178 e. The number of aryl methyl sites for hydroxylation is 1. The Balaban J connectivity index is 1.58. The zero-order valence-corrected chi connectivity index (χ0v) is 17.9. The first-order valence-corrected chi connectivity index (χ1v) is 10.6. The first kappa shape index (κ1) is 20.3. The highest BCUT2D eigenvalue weighted by Gasteiger charge is 2.35. The lowest BCUT2D eigenvalue weighted by molar-refractivity contribution is 0.225. The third-order valence-electron chi connectivity index (χ3n) is 5.62. The van der Waals surface area contributed by atoms with Gasteiger partial charge in [-0.3, -0.25) is 0 Å². The van der Waals surface area contributed by atoms with Gasteiger partial charge in [0.25, 0.3) is 0 Å². The van der Waals surface area contributed by atoms with Crippen molar-refractivity contribution < 1.29 is 9.50 Å². The standard InChI is InChI=1S/C21H23FN6OS/c1-5-21(4)7-6-16(22)14(9-21)13(3)19-25-26-20(30-19)15-11-23-18(8-17(15)29)28-24-10-12(2)27-28/h6-8,10-11,14,16H,3,5,9H2,1-2,4H3,(H,23,29)/t14-,16+,21+/m1/s1. The van der Waals surface area contributed by atoms with E-state index in [9.17, 15) is 9.50 Å². The van der Waals surface area contributed by atoms with Crippen molar-refractivity contribution in [2.24, 2.45) is 11.3 Å². The van der Waals surface area contributed by atoms with E-state index in [0.29, 0.717) is 33.4 Å². The summed E-state index contributed by atoms with van der Waals surface area (Å²) in [5.74, 6) is 0.0429. The zero-order valence-electron chi connectivity index (χ0n) is 17.1. The highest BCUT2D eigenvalue weighted by Crippen LogP contribution is 2.44. The average molecular weight is 427 g/mol. The lowest BCUT2D eigenvalue weighted by Crippen LogP contribution is -2.28. The Morgan fingerprint density at radius 1 is 1.40 bits per heavy atom. The normalized spacial score (nSPS) is 23.6. The van der Waals surface area contributed by atoms with E-state index in [1.807, 2.05) is 13.0 Å². The van der Waals surface area contributed by atoms with Crippen LogP contribution in [0.15, 0.2) is 37.2 Å². The molecule has 156 valence electrons. The molecule has 0 bridgehead atoms. The molecular formula is C21H23FN6OS. The molecule has 0 saturated heterocycles. The predicted molar refractivity (Wildman–Crippen MR) is 114 cm³/mol. The monoisotopic (exact) mass is 426 g/mol. The van der Waals surface area contributed by atoms with Crippen LogP contribution in [0.3, 0.4) is 0 Å². The van der Waals surface area contributed by atoms with E-state index < -0.39 is 6.17 Å². The number of nitrogens with zero attached hydrogens (tertiary/aromatic N) is 6. The first-order chi connectivity index (χ1) is 14.3. The van der Waals surface area contributed by atoms with Crippen LogP contribution in [0.4, 0.5) is 4.39 Å². The van der Waals surface area contributed by atoms with E-state index in [-0.39, 0.29) is 17.1 Å². The fourth-order valence-electron chi connectivity index (χ4n) is 3.50. The van der Waals surface area contributed by atoms with Crippen LogP contribution in [0.2, 0.25) is 0 Å². The molecule has 0 aromatic carbocycles. The number of hydrogen-bond donors (Lipinski definition) is 1. The van der Waals surface area contributed by atoms with Crippen molar-refractivity contribution in [1.29, 1.82) is 0 Å². The maximum absolute atomic E-state index is 14.6. The van der Waals surface area contributed by atoms with Gasteiger partial charge in [0.05, 0.1) is 17.5 Å². The summed E-state index contributed by atoms with van der Waals surface area (Å²) in [6, 6.07) is 1.47. The maximum atomic E-state index is 14.6. The molecule has 9 heteroatoms. The van der Waals surface area contributed by atoms with Crippen LogP contribution in [0.5, 0.6) is 5.75 Å². The number of allylic oxidation sites excluding steroid dienone is 3. The van der Waals surface area contributed by atoms with Gasteiger partial charge in [0.15, 0.2) is 10.8 Å². The summed E-state index contributed by atoms with van der Waals surface area (Å²) < 4.78 is 14.6. The van der Waals surface area contributed by atoms with Gasteiger partial charge in [-0.25, -0.2) is 9.37 Å². The largest absolute Gasteiger partial charge is 0.507 e. The number of rotatable bonds is 5. The molecule has 7 nitrogen and oxygen atoms in total. The first-order valence-electron chi connectivity index (χ1n) is 9.74. The van der Waals surface area contributed by atoms with Crippen LogP contribution in [0.25, 0.3) is 22.0 Å². The van der Waals surface area contributed by atoms with Gasteiger partial charge in [-0.05, 0) is 30.8 Å². The molecule has 0 saturated carbocycles. The fourth-order valence-corrected chi connectivity index (χ4v) is 4.39. The lowest BCUT2D eigenvalue weighted by Gasteiger charge is -2.35. The van der Waals surface area contributed by atoms with Crippen LogP contribution in [-0.2, 0) is 0 Å². The van der Waals surface area contributed by atoms with E-state index in [2.05, 4.69) is 45.8 Å². The van der Waals surface area contributed by atoms with Gasteiger partial charge in [0.1, 0.15) is 16.9 Å². The molecule has 0 unspecified atom stereocenters. The van der Waals surface area contributed by atoms with Gasteiger partial charge < -0.3 is 5.11 Å². The minimum atomic E-state index is -1.09. The Bertz CT molecular complexity index is 1120. The molecule has 3 aromatic rings. The molecule has 0 amide bonds. The number of aromatic hydroxyl groups is 1. The number of alkyl halides is 1. The summed E-state index contributed by atoms with van der Waals surface area (Å²) in [4.78, 5) is 5.65. The van der Waals surface area contributed by atoms with Gasteiger partial charge in [-0.15, -0.1) is 15.0 Å². The van der Waals surface area contributed by atoms with Gasteiger partial charge in [-0.1, -0.05) is 43.9 Å². The summed E-state index contributed by atoms with van der Waals surface area (Å²) in [6.07, 6.45) is 7.22. The molecule has 1 N–H and O–H groups in total. The molecule has 0 radical (unpaired) electrons. The zero-order chi connectivity index (χ0) is 21.5. The van der Waals surface area contributed by atoms with Crippen molar-refractivity contribution in [3.63, 3.8) is 0 Å². The van der Waals surface area contributed by atoms with Gasteiger partial charge in [0.2, 0.25) is 0 Å². The number of pyridine rings is 1. The van der Waals surface area contributed by atoms with E-state index in [1.165, 1.54) is 28.4 Å². The van der Waals surface area contributed by atoms with E-state index in [0.717, 1.165) is 12.1 Å². The number of aromatic nitrogens is 6. The van der Waals surface area contributed by atoms with E-state index >= 15 is 0 Å². The molecule has 1 aliphatic carbocycles. The summed E-state index contributed by atoms with van der Waals surface area (Å²) in [5, 5.41) is 28.2. The average Bonchev–Trinajstić information content (AvgIpc) is 3.39. The van der Waals surface area contributed by atoms with Crippen molar-refractivity contribution in [1.82, 2.24) is 30.2 Å². The van der Waals surface area contributed by atoms with E-state index in [4.69, 9.17) is 0 Å². The molecule has 0 aliphatic heterocycles. The van der Waals surface area contributed by atoms with Crippen LogP contribution in [0.1, 0.15) is 37.4 Å². The molecule has 3 heterocycles. The molecular weight excluding hydrogens is 403 g/mol. The van der Waals surface area contributed by atoms with Crippen LogP contribution in [0, 0.1) is 18.3 Å². The van der Waals surface area contributed by atoms with Crippen molar-refractivity contribution in [2.45, 2.75) is 39.8 Å². The van der Waals surface area contributed by atoms with Gasteiger partial charge in [-0.2, -0.15) is 10.2 Å². The second-order valence-electron chi connectivity index (χ2n) is 7.89. The Morgan fingerprint density at radius 3 is 2.87 bits per heavy atom. The maximum Gasteiger partial charge on any atom is 0.178 e. The number of hydrogen-bond acceptors (Lipinski definition) is 7. The quantitative estimate of drug-likeness (QED) is 0.603. The second kappa shape index (κ2) is 7.71.